The lowest BCUT2D eigenvalue weighted by Crippen LogP contribution is -2.54. The minimum absolute atomic E-state index is 0.366. The Bertz CT molecular complexity index is 126. The highest BCUT2D eigenvalue weighted by atomic mass is 15.0. The molecule has 0 aliphatic carbocycles. The average molecular weight is 155 g/mol. The van der Waals surface area contributed by atoms with Crippen LogP contribution < -0.4 is 5.32 Å². The van der Waals surface area contributed by atoms with E-state index in [0.717, 1.165) is 0 Å². The fourth-order valence-corrected chi connectivity index (χ4v) is 1.70. The molecule has 0 saturated carbocycles. The molecule has 1 nitrogen and oxygen atoms in total. The van der Waals surface area contributed by atoms with Crippen molar-refractivity contribution in [1.82, 2.24) is 5.32 Å². The molecule has 11 heavy (non-hydrogen) atoms. The summed E-state index contributed by atoms with van der Waals surface area (Å²) in [4.78, 5) is 0. The van der Waals surface area contributed by atoms with Crippen molar-refractivity contribution in [2.75, 3.05) is 6.54 Å². The van der Waals surface area contributed by atoms with Crippen LogP contribution in [0, 0.1) is 5.41 Å². The Balaban J connectivity index is 2.64. The van der Waals surface area contributed by atoms with Crippen molar-refractivity contribution < 1.29 is 0 Å². The molecule has 1 N–H and O–H groups in total. The van der Waals surface area contributed by atoms with Crippen molar-refractivity contribution in [2.45, 2.75) is 52.5 Å². The summed E-state index contributed by atoms with van der Waals surface area (Å²) >= 11 is 0. The van der Waals surface area contributed by atoms with Crippen molar-refractivity contribution in [1.29, 1.82) is 0 Å². The first kappa shape index (κ1) is 9.05. The standard InChI is InChI=1S/C10H21N/c1-9(2,3)10(4)7-5-6-8-11-10/h11H,5-8H2,1-4H3. The molecule has 1 aliphatic heterocycles. The Labute approximate surface area is 70.6 Å². The van der Waals surface area contributed by atoms with Gasteiger partial charge in [0.15, 0.2) is 0 Å². The Kier molecular flexibility index (Phi) is 2.29. The quantitative estimate of drug-likeness (QED) is 0.567. The maximum Gasteiger partial charge on any atom is 0.0201 e. The lowest BCUT2D eigenvalue weighted by Gasteiger charge is -2.45. The first-order valence-corrected chi connectivity index (χ1v) is 4.71. The van der Waals surface area contributed by atoms with E-state index in [9.17, 15) is 0 Å². The van der Waals surface area contributed by atoms with Crippen molar-refractivity contribution in [2.24, 2.45) is 5.41 Å². The number of hydrogen-bond acceptors (Lipinski definition) is 1. The Hall–Kier alpha value is -0.0400. The van der Waals surface area contributed by atoms with Crippen LogP contribution in [0.4, 0.5) is 0 Å². The van der Waals surface area contributed by atoms with E-state index in [0.29, 0.717) is 11.0 Å². The highest BCUT2D eigenvalue weighted by Gasteiger charge is 2.37. The second-order valence-corrected chi connectivity index (χ2v) is 4.97. The lowest BCUT2D eigenvalue weighted by atomic mass is 9.70. The summed E-state index contributed by atoms with van der Waals surface area (Å²) in [6, 6.07) is 0. The summed E-state index contributed by atoms with van der Waals surface area (Å²) in [6.45, 7) is 10.5. The zero-order valence-electron chi connectivity index (χ0n) is 8.33. The third kappa shape index (κ3) is 1.76. The molecule has 1 unspecified atom stereocenters. The molecule has 0 aromatic heterocycles. The molecule has 1 heterocycles. The number of hydrogen-bond donors (Lipinski definition) is 1. The van der Waals surface area contributed by atoms with E-state index in [1.165, 1.54) is 25.8 Å². The van der Waals surface area contributed by atoms with Crippen LogP contribution in [0.15, 0.2) is 0 Å². The van der Waals surface area contributed by atoms with Crippen LogP contribution in [0.1, 0.15) is 47.0 Å². The normalized spacial score (nSPS) is 33.8. The topological polar surface area (TPSA) is 12.0 Å². The molecule has 0 spiro atoms. The summed E-state index contributed by atoms with van der Waals surface area (Å²) in [5, 5.41) is 3.64. The molecule has 1 saturated heterocycles. The Morgan fingerprint density at radius 3 is 2.09 bits per heavy atom. The van der Waals surface area contributed by atoms with E-state index in [-0.39, 0.29) is 0 Å². The largest absolute Gasteiger partial charge is 0.311 e. The first-order valence-electron chi connectivity index (χ1n) is 4.71. The van der Waals surface area contributed by atoms with Gasteiger partial charge < -0.3 is 5.32 Å². The van der Waals surface area contributed by atoms with E-state index in [1.807, 2.05) is 0 Å². The molecule has 1 rings (SSSR count). The second kappa shape index (κ2) is 2.78. The zero-order chi connectivity index (χ0) is 8.54. The molecule has 0 aromatic carbocycles. The van der Waals surface area contributed by atoms with Crippen LogP contribution in [-0.4, -0.2) is 12.1 Å². The molecule has 66 valence electrons. The molecule has 0 amide bonds. The summed E-state index contributed by atoms with van der Waals surface area (Å²) in [5.74, 6) is 0. The van der Waals surface area contributed by atoms with E-state index in [4.69, 9.17) is 0 Å². The Morgan fingerprint density at radius 1 is 1.18 bits per heavy atom. The molecule has 0 radical (unpaired) electrons. The highest BCUT2D eigenvalue weighted by Crippen LogP contribution is 2.35. The van der Waals surface area contributed by atoms with Gasteiger partial charge in [-0.05, 0) is 31.7 Å². The molecular weight excluding hydrogens is 134 g/mol. The van der Waals surface area contributed by atoms with Gasteiger partial charge in [-0.15, -0.1) is 0 Å². The average Bonchev–Trinajstić information content (AvgIpc) is 1.87. The number of piperidine rings is 1. The lowest BCUT2D eigenvalue weighted by molar-refractivity contribution is 0.121. The third-order valence-electron chi connectivity index (χ3n) is 3.27. The molecule has 1 fully saturated rings. The van der Waals surface area contributed by atoms with Gasteiger partial charge in [0.05, 0.1) is 0 Å². The van der Waals surface area contributed by atoms with Gasteiger partial charge in [0, 0.05) is 5.54 Å². The number of nitrogens with one attached hydrogen (secondary N) is 1. The van der Waals surface area contributed by atoms with Crippen molar-refractivity contribution >= 4 is 0 Å². The smallest absolute Gasteiger partial charge is 0.0201 e. The monoisotopic (exact) mass is 155 g/mol. The second-order valence-electron chi connectivity index (χ2n) is 4.97. The van der Waals surface area contributed by atoms with Crippen LogP contribution in [0.2, 0.25) is 0 Å². The molecule has 1 aliphatic rings. The number of rotatable bonds is 0. The van der Waals surface area contributed by atoms with Crippen LogP contribution in [0.3, 0.4) is 0 Å². The third-order valence-corrected chi connectivity index (χ3v) is 3.27. The summed E-state index contributed by atoms with van der Waals surface area (Å²) in [7, 11) is 0. The Morgan fingerprint density at radius 2 is 1.82 bits per heavy atom. The summed E-state index contributed by atoms with van der Waals surface area (Å²) in [6.07, 6.45) is 4.07. The van der Waals surface area contributed by atoms with E-state index < -0.39 is 0 Å². The SMILES string of the molecule is CC(C)(C)C1(C)CCCCN1. The maximum atomic E-state index is 3.64. The van der Waals surface area contributed by atoms with Gasteiger partial charge in [-0.3, -0.25) is 0 Å². The van der Waals surface area contributed by atoms with E-state index in [2.05, 4.69) is 33.0 Å². The zero-order valence-corrected chi connectivity index (χ0v) is 8.33. The van der Waals surface area contributed by atoms with Gasteiger partial charge in [-0.2, -0.15) is 0 Å². The van der Waals surface area contributed by atoms with Gasteiger partial charge in [-0.1, -0.05) is 27.2 Å². The van der Waals surface area contributed by atoms with Gasteiger partial charge >= 0.3 is 0 Å². The van der Waals surface area contributed by atoms with Gasteiger partial charge in [0.2, 0.25) is 0 Å². The van der Waals surface area contributed by atoms with Crippen LogP contribution in [0.25, 0.3) is 0 Å². The summed E-state index contributed by atoms with van der Waals surface area (Å²) in [5.41, 5.74) is 0.763. The van der Waals surface area contributed by atoms with Crippen LogP contribution in [0.5, 0.6) is 0 Å². The van der Waals surface area contributed by atoms with Gasteiger partial charge in [-0.25, -0.2) is 0 Å². The minimum Gasteiger partial charge on any atom is -0.311 e. The van der Waals surface area contributed by atoms with Gasteiger partial charge in [0.1, 0.15) is 0 Å². The minimum atomic E-state index is 0.366. The van der Waals surface area contributed by atoms with Gasteiger partial charge in [0.25, 0.3) is 0 Å². The highest BCUT2D eigenvalue weighted by molar-refractivity contribution is 4.95. The maximum absolute atomic E-state index is 3.64. The molecule has 1 heteroatoms. The molecular formula is C10H21N. The fraction of sp³-hybridized carbons (Fsp3) is 1.00. The van der Waals surface area contributed by atoms with Crippen LogP contribution >= 0.6 is 0 Å². The first-order chi connectivity index (χ1) is 4.96. The van der Waals surface area contributed by atoms with Crippen molar-refractivity contribution in [3.63, 3.8) is 0 Å². The van der Waals surface area contributed by atoms with Crippen molar-refractivity contribution in [3.05, 3.63) is 0 Å². The van der Waals surface area contributed by atoms with Crippen molar-refractivity contribution in [3.8, 4) is 0 Å². The van der Waals surface area contributed by atoms with Crippen LogP contribution in [-0.2, 0) is 0 Å². The predicted molar refractivity (Wildman–Crippen MR) is 49.7 cm³/mol. The summed E-state index contributed by atoms with van der Waals surface area (Å²) < 4.78 is 0. The van der Waals surface area contributed by atoms with E-state index >= 15 is 0 Å². The molecule has 0 bridgehead atoms. The van der Waals surface area contributed by atoms with E-state index in [1.54, 1.807) is 0 Å². The fourth-order valence-electron chi connectivity index (χ4n) is 1.70. The molecule has 0 aromatic rings. The molecule has 1 atom stereocenters. The predicted octanol–water partition coefficient (Wildman–Crippen LogP) is 2.56.